The molecule has 1 atom stereocenters. The third kappa shape index (κ3) is 2.90. The van der Waals surface area contributed by atoms with E-state index in [0.717, 1.165) is 31.0 Å². The van der Waals surface area contributed by atoms with Crippen molar-refractivity contribution >= 4 is 49.9 Å². The highest BCUT2D eigenvalue weighted by molar-refractivity contribution is 7.22. The van der Waals surface area contributed by atoms with Crippen LogP contribution in [0.5, 0.6) is 0 Å². The molecule has 1 unspecified atom stereocenters. The molecule has 0 bridgehead atoms. The van der Waals surface area contributed by atoms with Crippen LogP contribution in [0.15, 0.2) is 42.5 Å². The first-order chi connectivity index (χ1) is 9.61. The second kappa shape index (κ2) is 5.60. The van der Waals surface area contributed by atoms with Crippen LogP contribution in [-0.4, -0.2) is 4.98 Å². The number of benzene rings is 2. The van der Waals surface area contributed by atoms with Crippen LogP contribution in [-0.2, 0) is 0 Å². The largest absolute Gasteiger partial charge is 0.355 e. The van der Waals surface area contributed by atoms with E-state index in [1.54, 1.807) is 11.3 Å². The Bertz CT molecular complexity index is 754. The molecular formula is C15H12Cl2N2S. The van der Waals surface area contributed by atoms with Crippen molar-refractivity contribution in [2.75, 3.05) is 5.32 Å². The zero-order chi connectivity index (χ0) is 14.1. The van der Waals surface area contributed by atoms with Gasteiger partial charge in [0.05, 0.1) is 16.3 Å². The van der Waals surface area contributed by atoms with E-state index in [2.05, 4.69) is 17.2 Å². The van der Waals surface area contributed by atoms with Gasteiger partial charge in [0.2, 0.25) is 0 Å². The molecule has 0 aliphatic carbocycles. The number of hydrogen-bond acceptors (Lipinski definition) is 3. The maximum Gasteiger partial charge on any atom is 0.184 e. The first-order valence-corrected chi connectivity index (χ1v) is 7.77. The number of aromatic nitrogens is 1. The van der Waals surface area contributed by atoms with Gasteiger partial charge in [-0.1, -0.05) is 46.7 Å². The minimum atomic E-state index is 0.143. The Morgan fingerprint density at radius 2 is 1.90 bits per heavy atom. The standard InChI is InChI=1S/C15H12Cl2N2S/c1-9(10-3-2-4-11(16)7-10)18-15-19-13-6-5-12(17)8-14(13)20-15/h2-9H,1H3,(H,18,19). The number of nitrogens with one attached hydrogen (secondary N) is 1. The van der Waals surface area contributed by atoms with Crippen LogP contribution < -0.4 is 5.32 Å². The molecule has 3 rings (SSSR count). The average molecular weight is 323 g/mol. The maximum absolute atomic E-state index is 6.02. The lowest BCUT2D eigenvalue weighted by Gasteiger charge is -2.13. The Labute approximate surface area is 131 Å². The van der Waals surface area contributed by atoms with Crippen molar-refractivity contribution in [2.45, 2.75) is 13.0 Å². The Kier molecular flexibility index (Phi) is 3.83. The van der Waals surface area contributed by atoms with E-state index < -0.39 is 0 Å². The monoisotopic (exact) mass is 322 g/mol. The summed E-state index contributed by atoms with van der Waals surface area (Å²) in [5, 5.41) is 5.76. The lowest BCUT2D eigenvalue weighted by Crippen LogP contribution is -2.05. The summed E-state index contributed by atoms with van der Waals surface area (Å²) < 4.78 is 1.08. The number of anilines is 1. The maximum atomic E-state index is 6.02. The van der Waals surface area contributed by atoms with Crippen molar-refractivity contribution < 1.29 is 0 Å². The zero-order valence-electron chi connectivity index (χ0n) is 10.7. The minimum absolute atomic E-state index is 0.143. The predicted octanol–water partition coefficient (Wildman–Crippen LogP) is 5.78. The molecule has 2 nitrogen and oxygen atoms in total. The SMILES string of the molecule is CC(Nc1nc2ccc(Cl)cc2s1)c1cccc(Cl)c1. The Morgan fingerprint density at radius 3 is 2.70 bits per heavy atom. The highest BCUT2D eigenvalue weighted by Crippen LogP contribution is 2.30. The second-order valence-corrected chi connectivity index (χ2v) is 6.46. The molecule has 1 N–H and O–H groups in total. The molecule has 0 spiro atoms. The van der Waals surface area contributed by atoms with Crippen LogP contribution in [0.1, 0.15) is 18.5 Å². The molecule has 0 saturated heterocycles. The van der Waals surface area contributed by atoms with Crippen molar-refractivity contribution in [2.24, 2.45) is 0 Å². The summed E-state index contributed by atoms with van der Waals surface area (Å²) in [5.74, 6) is 0. The molecule has 0 aliphatic rings. The summed E-state index contributed by atoms with van der Waals surface area (Å²) in [5.41, 5.74) is 2.09. The summed E-state index contributed by atoms with van der Waals surface area (Å²) in [4.78, 5) is 4.56. The molecule has 3 aromatic rings. The third-order valence-corrected chi connectivity index (χ3v) is 4.46. The lowest BCUT2D eigenvalue weighted by atomic mass is 10.1. The van der Waals surface area contributed by atoms with Gasteiger partial charge in [-0.2, -0.15) is 0 Å². The van der Waals surface area contributed by atoms with Gasteiger partial charge in [0.25, 0.3) is 0 Å². The fourth-order valence-electron chi connectivity index (χ4n) is 2.00. The predicted molar refractivity (Wildman–Crippen MR) is 88.1 cm³/mol. The van der Waals surface area contributed by atoms with Crippen LogP contribution in [0, 0.1) is 0 Å². The van der Waals surface area contributed by atoms with Gasteiger partial charge in [0.1, 0.15) is 0 Å². The molecule has 20 heavy (non-hydrogen) atoms. The van der Waals surface area contributed by atoms with Gasteiger partial charge >= 0.3 is 0 Å². The van der Waals surface area contributed by atoms with Gasteiger partial charge < -0.3 is 5.32 Å². The summed E-state index contributed by atoms with van der Waals surface area (Å²) in [6.07, 6.45) is 0. The number of nitrogens with zero attached hydrogens (tertiary/aromatic N) is 1. The van der Waals surface area contributed by atoms with E-state index in [9.17, 15) is 0 Å². The van der Waals surface area contributed by atoms with Crippen LogP contribution in [0.4, 0.5) is 5.13 Å². The summed E-state index contributed by atoms with van der Waals surface area (Å²) in [6, 6.07) is 13.7. The van der Waals surface area contributed by atoms with E-state index in [0.29, 0.717) is 0 Å². The second-order valence-electron chi connectivity index (χ2n) is 4.55. The van der Waals surface area contributed by atoms with Crippen molar-refractivity contribution in [3.05, 3.63) is 58.1 Å². The quantitative estimate of drug-likeness (QED) is 0.661. The van der Waals surface area contributed by atoms with Crippen molar-refractivity contribution in [3.63, 3.8) is 0 Å². The molecular weight excluding hydrogens is 311 g/mol. The van der Waals surface area contributed by atoms with Crippen molar-refractivity contribution in [1.29, 1.82) is 0 Å². The number of thiazole rings is 1. The highest BCUT2D eigenvalue weighted by Gasteiger charge is 2.09. The normalized spacial score (nSPS) is 12.6. The van der Waals surface area contributed by atoms with Gasteiger partial charge in [-0.05, 0) is 42.8 Å². The van der Waals surface area contributed by atoms with Gasteiger partial charge in [-0.3, -0.25) is 0 Å². The van der Waals surface area contributed by atoms with E-state index >= 15 is 0 Å². The Balaban J connectivity index is 1.85. The van der Waals surface area contributed by atoms with Crippen molar-refractivity contribution in [1.82, 2.24) is 4.98 Å². The van der Waals surface area contributed by atoms with Crippen LogP contribution in [0.3, 0.4) is 0 Å². The topological polar surface area (TPSA) is 24.9 Å². The molecule has 1 aromatic heterocycles. The fourth-order valence-corrected chi connectivity index (χ4v) is 3.43. The van der Waals surface area contributed by atoms with Gasteiger partial charge in [-0.15, -0.1) is 0 Å². The molecule has 2 aromatic carbocycles. The zero-order valence-corrected chi connectivity index (χ0v) is 13.1. The first-order valence-electron chi connectivity index (χ1n) is 6.20. The Hall–Kier alpha value is -1.29. The molecule has 0 amide bonds. The number of hydrogen-bond donors (Lipinski definition) is 1. The highest BCUT2D eigenvalue weighted by atomic mass is 35.5. The molecule has 1 heterocycles. The van der Waals surface area contributed by atoms with Gasteiger partial charge in [0.15, 0.2) is 5.13 Å². The fraction of sp³-hybridized carbons (Fsp3) is 0.133. The minimum Gasteiger partial charge on any atom is -0.355 e. The summed E-state index contributed by atoms with van der Waals surface area (Å²) >= 11 is 13.6. The van der Waals surface area contributed by atoms with Gasteiger partial charge in [-0.25, -0.2) is 4.98 Å². The number of rotatable bonds is 3. The summed E-state index contributed by atoms with van der Waals surface area (Å²) in [6.45, 7) is 2.09. The van der Waals surface area contributed by atoms with Crippen molar-refractivity contribution in [3.8, 4) is 0 Å². The van der Waals surface area contributed by atoms with Crippen LogP contribution in [0.25, 0.3) is 10.2 Å². The molecule has 0 saturated carbocycles. The smallest absolute Gasteiger partial charge is 0.184 e. The lowest BCUT2D eigenvalue weighted by molar-refractivity contribution is 0.883. The van der Waals surface area contributed by atoms with Gasteiger partial charge in [0, 0.05) is 10.0 Å². The average Bonchev–Trinajstić information content (AvgIpc) is 2.80. The molecule has 0 radical (unpaired) electrons. The van der Waals surface area contributed by atoms with E-state index in [1.165, 1.54) is 0 Å². The number of fused-ring (bicyclic) bond motifs is 1. The van der Waals surface area contributed by atoms with Crippen LogP contribution in [0.2, 0.25) is 10.0 Å². The molecule has 5 heteroatoms. The molecule has 102 valence electrons. The first kappa shape index (κ1) is 13.7. The summed E-state index contributed by atoms with van der Waals surface area (Å²) in [7, 11) is 0. The van der Waals surface area contributed by atoms with E-state index in [4.69, 9.17) is 23.2 Å². The van der Waals surface area contributed by atoms with Crippen LogP contribution >= 0.6 is 34.5 Å². The molecule has 0 fully saturated rings. The third-order valence-electron chi connectivity index (χ3n) is 3.04. The van der Waals surface area contributed by atoms with E-state index in [1.807, 2.05) is 42.5 Å². The number of halogens is 2. The molecule has 0 aliphatic heterocycles. The Morgan fingerprint density at radius 1 is 1.10 bits per heavy atom. The van der Waals surface area contributed by atoms with E-state index in [-0.39, 0.29) is 6.04 Å².